The third-order valence-corrected chi connectivity index (χ3v) is 20.8. The van der Waals surface area contributed by atoms with Gasteiger partial charge in [-0.05, 0) is 210 Å². The molecular weight excluding hydrogens is 1910 g/mol. The van der Waals surface area contributed by atoms with Crippen molar-refractivity contribution in [1.29, 1.82) is 0 Å². The van der Waals surface area contributed by atoms with Crippen molar-refractivity contribution < 1.29 is 57.0 Å². The Balaban J connectivity index is 0.000000201. The number of halogens is 1. The van der Waals surface area contributed by atoms with Crippen LogP contribution in [0.5, 0.6) is 0 Å². The van der Waals surface area contributed by atoms with E-state index in [-0.39, 0.29) is 70.9 Å². The molecule has 0 saturated carbocycles. The van der Waals surface area contributed by atoms with Crippen molar-refractivity contribution in [3.8, 4) is 67.8 Å². The van der Waals surface area contributed by atoms with Crippen molar-refractivity contribution in [3.05, 3.63) is 421 Å². The summed E-state index contributed by atoms with van der Waals surface area (Å²) in [6.45, 7) is 22.3. The molecule has 40 heteroatoms. The van der Waals surface area contributed by atoms with E-state index in [1.807, 2.05) is 263 Å². The second kappa shape index (κ2) is 60.6. The number of nitrogens with zero attached hydrogens (tertiary/aromatic N) is 19. The summed E-state index contributed by atoms with van der Waals surface area (Å²) in [5.74, 6) is 1.88. The van der Waals surface area contributed by atoms with Gasteiger partial charge >= 0.3 is 30.3 Å². The third-order valence-electron chi connectivity index (χ3n) is 20.5. The number of amides is 2. The van der Waals surface area contributed by atoms with Gasteiger partial charge in [0.2, 0.25) is 17.5 Å². The lowest BCUT2D eigenvalue weighted by molar-refractivity contribution is -0.193. The molecular formula is C108H105FN24O14S. The zero-order valence-corrected chi connectivity index (χ0v) is 83.3. The predicted octanol–water partition coefficient (Wildman–Crippen LogP) is 16.0. The van der Waals surface area contributed by atoms with Crippen molar-refractivity contribution in [1.82, 2.24) is 104 Å². The molecule has 9 aromatic carbocycles. The molecule has 2 aliphatic rings. The van der Waals surface area contributed by atoms with E-state index in [2.05, 4.69) is 173 Å². The SMILES string of the molecule is CC(C)NC(=O)Cc1ccccc1.CC1=CCc2c1nc(C)[nH]c2=O.CC1=NN(c2ccccc2)C(=O)C1.CCc1ccc(-c2cnn(-c3ccccc3)c2)cc1.CCn1c(-c2cnccn2)n[nH]c1=S.Cc1cc(=O)n(Cc2ccccc2)c(=O)[nH]1.Cc1cc(F)cc(-c2cnn(-c3ccccc3)c2)c1.Cc1ccc(-c2cnn(-c3ccccc3)c2)cc1.Cc1cn(-c2nonc2N)nn1.O=C=O.O=C=O.O=C=O.O=C=O. The van der Waals surface area contributed by atoms with Gasteiger partial charge in [-0.1, -0.05) is 212 Å². The first-order valence-corrected chi connectivity index (χ1v) is 45.9. The van der Waals surface area contributed by atoms with Crippen LogP contribution in [0.3, 0.4) is 0 Å². The van der Waals surface area contributed by atoms with Gasteiger partial charge in [0.05, 0.1) is 84.5 Å². The Hall–Kier alpha value is -19.5. The summed E-state index contributed by atoms with van der Waals surface area (Å²) in [7, 11) is 0. The lowest BCUT2D eigenvalue weighted by Crippen LogP contribution is -2.35. The number of aromatic amines is 3. The average molecular weight is 2010 g/mol. The Morgan fingerprint density at radius 3 is 1.47 bits per heavy atom. The predicted molar refractivity (Wildman–Crippen MR) is 552 cm³/mol. The number of para-hydroxylation sites is 4. The molecule has 10 heterocycles. The first-order chi connectivity index (χ1) is 71.5. The summed E-state index contributed by atoms with van der Waals surface area (Å²) in [5, 5.41) is 42.9. The van der Waals surface area contributed by atoms with E-state index in [0.717, 1.165) is 121 Å². The molecule has 38 nitrogen and oxygen atoms in total. The average Bonchev–Trinajstić information content (AvgIpc) is 1.76. The largest absolute Gasteiger partial charge is 0.378 e. The van der Waals surface area contributed by atoms with Crippen LogP contribution in [0, 0.1) is 45.2 Å². The van der Waals surface area contributed by atoms with E-state index in [0.29, 0.717) is 41.5 Å². The van der Waals surface area contributed by atoms with E-state index in [1.54, 1.807) is 49.5 Å². The maximum atomic E-state index is 13.4. The van der Waals surface area contributed by atoms with Crippen LogP contribution in [0.1, 0.15) is 104 Å². The van der Waals surface area contributed by atoms with Crippen molar-refractivity contribution in [2.45, 2.75) is 121 Å². The Labute approximate surface area is 853 Å². The monoisotopic (exact) mass is 2010 g/mol. The summed E-state index contributed by atoms with van der Waals surface area (Å²) < 4.78 is 28.5. The number of fused-ring (bicyclic) bond motifs is 1. The van der Waals surface area contributed by atoms with Crippen molar-refractivity contribution in [3.63, 3.8) is 0 Å². The fourth-order valence-electron chi connectivity index (χ4n) is 13.7. The number of H-pyrrole nitrogens is 3. The van der Waals surface area contributed by atoms with Crippen molar-refractivity contribution >= 4 is 71.4 Å². The number of nitrogen functional groups attached to an aromatic ring is 1. The van der Waals surface area contributed by atoms with E-state index < -0.39 is 0 Å². The highest BCUT2D eigenvalue weighted by Gasteiger charge is 2.23. The number of carbonyl (C=O) groups is 2. The number of aromatic nitrogens is 20. The molecule has 148 heavy (non-hydrogen) atoms. The highest BCUT2D eigenvalue weighted by molar-refractivity contribution is 7.71. The smallest absolute Gasteiger partial charge is 0.373 e. The van der Waals surface area contributed by atoms with Gasteiger partial charge in [-0.25, -0.2) is 42.8 Å². The molecule has 0 saturated heterocycles. The molecule has 9 aromatic heterocycles. The van der Waals surface area contributed by atoms with Crippen LogP contribution in [0.2, 0.25) is 0 Å². The number of hydrogen-bond donors (Lipinski definition) is 5. The molecule has 0 bridgehead atoms. The topological polar surface area (TPSA) is 507 Å². The zero-order valence-electron chi connectivity index (χ0n) is 82.5. The lowest BCUT2D eigenvalue weighted by atomic mass is 10.1. The molecule has 1 aliphatic carbocycles. The van der Waals surface area contributed by atoms with Gasteiger partial charge in [-0.15, -0.1) is 5.10 Å². The number of hydrogen-bond acceptors (Lipinski definition) is 28. The second-order valence-corrected chi connectivity index (χ2v) is 32.3. The Kier molecular flexibility index (Phi) is 46.6. The highest BCUT2D eigenvalue weighted by atomic mass is 32.1. The van der Waals surface area contributed by atoms with E-state index in [1.165, 1.54) is 54.7 Å². The van der Waals surface area contributed by atoms with E-state index >= 15 is 0 Å². The first-order valence-electron chi connectivity index (χ1n) is 45.5. The van der Waals surface area contributed by atoms with Gasteiger partial charge < -0.3 is 21.0 Å². The number of benzene rings is 9. The minimum atomic E-state index is -0.367. The number of aryl methyl sites for hydroxylation is 6. The molecule has 20 rings (SSSR count). The molecule has 0 unspecified atom stereocenters. The fourth-order valence-corrected chi connectivity index (χ4v) is 14.0. The lowest BCUT2D eigenvalue weighted by Gasteiger charge is -2.10. The number of rotatable bonds is 16. The van der Waals surface area contributed by atoms with Gasteiger partial charge in [-0.3, -0.25) is 38.4 Å². The van der Waals surface area contributed by atoms with Crippen LogP contribution in [-0.4, -0.2) is 147 Å². The fraction of sp³-hybridized carbons (Fsp3) is 0.167. The van der Waals surface area contributed by atoms with Gasteiger partial charge in [0.25, 0.3) is 17.0 Å². The maximum Gasteiger partial charge on any atom is 0.373 e. The quantitative estimate of drug-likeness (QED) is 0.0561. The summed E-state index contributed by atoms with van der Waals surface area (Å²) in [5.41, 5.74) is 26.5. The summed E-state index contributed by atoms with van der Waals surface area (Å²) in [6, 6.07) is 82.6. The third kappa shape index (κ3) is 36.9. The molecule has 1 aliphatic heterocycles. The normalized spacial score (nSPS) is 10.6. The molecule has 0 fully saturated rings. The Morgan fingerprint density at radius 1 is 0.534 bits per heavy atom. The molecule has 754 valence electrons. The number of hydrazone groups is 1. The van der Waals surface area contributed by atoms with Crippen LogP contribution in [-0.2, 0) is 80.3 Å². The van der Waals surface area contributed by atoms with Crippen LogP contribution in [0.25, 0.3) is 73.4 Å². The minimum Gasteiger partial charge on any atom is -0.378 e. The second-order valence-electron chi connectivity index (χ2n) is 31.9. The Bertz CT molecular complexity index is 7580. The standard InChI is InChI=1S/C17H16N2.C16H13FN2.C16H14N2.C12H12N2O2.C11H15NO.C10H10N2O.C9H10N2O.C8H9N5S.C5H6N6O.4CO2/c1-2-14-8-10-15(11-9-14)16-12-18-19(13-16)17-6-4-3-5-7-17;1-12-7-13(9-15(17)8-12)14-10-18-19(11-14)16-5-3-2-4-6-16;1-13-7-9-14(10-8-13)15-11-17-18(12-15)16-5-3-2-4-6-16;1-9-7-11(15)14(12(16)13-9)8-10-5-3-2-4-6-10;1-9(2)12-11(13)8-10-6-4-3-5-7-10;1-8-7-10(13)12(11-8)9-5-3-2-4-6-9;1-5-3-4-7-8(5)10-6(2)11-9(7)12;1-2-13-7(11-12-8(13)14)6-5-9-3-4-10-6;1-3-2-11(10-7-3)5-4(6)8-12-9-5;4*2-1-3/h3-13H,2H2,1H3;2-11H,1H3;2-12H,1H3;2-7H,8H2,1H3,(H,13,16);3-7,9H,8H2,1-2H3,(H,12,13);2-6H,7H2,1H3;3H,4H2,1-2H3,(H,10,11,12);3-5H,2H2,1H3,(H,12,14);2H,1H3,(H2,6,8);;;;. The summed E-state index contributed by atoms with van der Waals surface area (Å²) >= 11 is 5.07. The van der Waals surface area contributed by atoms with Gasteiger partial charge in [0, 0.05) is 83.3 Å². The highest BCUT2D eigenvalue weighted by Crippen LogP contribution is 2.27. The van der Waals surface area contributed by atoms with Gasteiger partial charge in [0.15, 0.2) is 10.6 Å². The van der Waals surface area contributed by atoms with Gasteiger partial charge in [0.1, 0.15) is 17.3 Å². The number of allylic oxidation sites excluding steroid dienone is 2. The minimum absolute atomic E-state index is 0.00519. The van der Waals surface area contributed by atoms with E-state index in [9.17, 15) is 28.4 Å². The molecule has 0 spiro atoms. The first kappa shape index (κ1) is 114. The molecule has 0 atom stereocenters. The number of nitrogens with one attached hydrogen (secondary N) is 4. The van der Waals surface area contributed by atoms with Crippen molar-refractivity contribution in [2.75, 3.05) is 10.7 Å². The summed E-state index contributed by atoms with van der Waals surface area (Å²) in [6.07, 6.45) is 23.9. The maximum absolute atomic E-state index is 13.4. The van der Waals surface area contributed by atoms with Crippen LogP contribution >= 0.6 is 12.2 Å². The Morgan fingerprint density at radius 2 is 1.03 bits per heavy atom. The number of nitrogens with two attached hydrogens (primary N) is 1. The number of anilines is 2. The molecule has 18 aromatic rings. The van der Waals surface area contributed by atoms with Crippen LogP contribution < -0.4 is 32.9 Å². The van der Waals surface area contributed by atoms with Crippen LogP contribution in [0.15, 0.2) is 347 Å². The summed E-state index contributed by atoms with van der Waals surface area (Å²) in [4.78, 5) is 140. The zero-order chi connectivity index (χ0) is 107. The van der Waals surface area contributed by atoms with E-state index in [4.69, 9.17) is 56.3 Å². The molecule has 2 amide bonds. The van der Waals surface area contributed by atoms with Crippen LogP contribution in [0.4, 0.5) is 15.9 Å². The molecule has 6 N–H and O–H groups in total. The number of carbonyl (C=O) groups excluding carboxylic acids is 10. The van der Waals surface area contributed by atoms with Gasteiger partial charge in [-0.2, -0.15) is 68.5 Å². The molecule has 0 radical (unpaired) electrons. The van der Waals surface area contributed by atoms with Crippen molar-refractivity contribution in [2.24, 2.45) is 5.10 Å².